The van der Waals surface area contributed by atoms with E-state index in [1.807, 2.05) is 0 Å². The molecule has 16 heavy (non-hydrogen) atoms. The lowest BCUT2D eigenvalue weighted by Crippen LogP contribution is -2.23. The Labute approximate surface area is 101 Å². The molecule has 1 amide bonds. The van der Waals surface area contributed by atoms with E-state index < -0.39 is 22.9 Å². The predicted molar refractivity (Wildman–Crippen MR) is 59.4 cm³/mol. The fourth-order valence-electron chi connectivity index (χ4n) is 1.30. The number of phenolic OH excluding ortho intramolecular Hbond substituents is 1. The number of carbonyl (C=O) groups excluding carboxylic acids is 1. The summed E-state index contributed by atoms with van der Waals surface area (Å²) < 4.78 is 28.3. The number of halogens is 2. The van der Waals surface area contributed by atoms with Gasteiger partial charge in [0.05, 0.1) is 4.47 Å². The standard InChI is InChI=1S/C8H6BrFN2O3S/c9-4-1-2-5(13)8(7(4)10)12-3-6(14)11-16(12)15/h1-2,13H,3H2,(H,11,14). The topological polar surface area (TPSA) is 69.6 Å². The molecule has 0 bridgehead atoms. The van der Waals surface area contributed by atoms with E-state index >= 15 is 0 Å². The molecule has 0 aromatic heterocycles. The maximum absolute atomic E-state index is 13.7. The Morgan fingerprint density at radius 1 is 1.56 bits per heavy atom. The molecule has 2 rings (SSSR count). The third-order valence-electron chi connectivity index (χ3n) is 1.99. The van der Waals surface area contributed by atoms with Crippen molar-refractivity contribution in [3.8, 4) is 5.75 Å². The van der Waals surface area contributed by atoms with Crippen LogP contribution in [0.1, 0.15) is 0 Å². The predicted octanol–water partition coefficient (Wildman–Crippen LogP) is 0.809. The first-order chi connectivity index (χ1) is 7.50. The van der Waals surface area contributed by atoms with Crippen molar-refractivity contribution in [1.82, 2.24) is 4.72 Å². The first-order valence-corrected chi connectivity index (χ1v) is 6.06. The molecule has 1 fully saturated rings. The van der Waals surface area contributed by atoms with Gasteiger partial charge < -0.3 is 5.11 Å². The summed E-state index contributed by atoms with van der Waals surface area (Å²) in [5, 5.41) is 9.50. The van der Waals surface area contributed by atoms with Crippen molar-refractivity contribution in [3.05, 3.63) is 22.4 Å². The van der Waals surface area contributed by atoms with Crippen LogP contribution >= 0.6 is 15.9 Å². The van der Waals surface area contributed by atoms with Gasteiger partial charge in [-0.1, -0.05) is 0 Å². The normalized spacial score (nSPS) is 20.0. The van der Waals surface area contributed by atoms with Crippen molar-refractivity contribution in [1.29, 1.82) is 0 Å². The maximum Gasteiger partial charge on any atom is 0.253 e. The SMILES string of the molecule is O=C1CN(c2c(O)ccc(Br)c2F)S(=O)N1. The third kappa shape index (κ3) is 1.78. The van der Waals surface area contributed by atoms with Gasteiger partial charge in [-0.05, 0) is 28.1 Å². The molecule has 0 saturated carbocycles. The minimum Gasteiger partial charge on any atom is -0.506 e. The van der Waals surface area contributed by atoms with Crippen LogP contribution in [0.4, 0.5) is 10.1 Å². The van der Waals surface area contributed by atoms with Gasteiger partial charge in [-0.15, -0.1) is 0 Å². The largest absolute Gasteiger partial charge is 0.506 e. The van der Waals surface area contributed by atoms with Crippen LogP contribution in [0.5, 0.6) is 5.75 Å². The average Bonchev–Trinajstić information content (AvgIpc) is 2.53. The number of nitrogens with zero attached hydrogens (tertiary/aromatic N) is 1. The first kappa shape index (κ1) is 11.3. The number of hydrogen-bond donors (Lipinski definition) is 2. The van der Waals surface area contributed by atoms with E-state index in [2.05, 4.69) is 20.7 Å². The van der Waals surface area contributed by atoms with E-state index in [1.54, 1.807) is 0 Å². The van der Waals surface area contributed by atoms with Crippen LogP contribution in [0.25, 0.3) is 0 Å². The summed E-state index contributed by atoms with van der Waals surface area (Å²) in [5.74, 6) is -1.62. The van der Waals surface area contributed by atoms with Gasteiger partial charge >= 0.3 is 0 Å². The van der Waals surface area contributed by atoms with E-state index in [0.29, 0.717) is 0 Å². The van der Waals surface area contributed by atoms with Gasteiger partial charge in [0.2, 0.25) is 11.2 Å². The van der Waals surface area contributed by atoms with E-state index in [4.69, 9.17) is 0 Å². The van der Waals surface area contributed by atoms with Gasteiger partial charge in [0.15, 0.2) is 5.82 Å². The van der Waals surface area contributed by atoms with E-state index in [1.165, 1.54) is 12.1 Å². The molecule has 0 aliphatic carbocycles. The second kappa shape index (κ2) is 4.02. The zero-order valence-corrected chi connectivity index (χ0v) is 10.1. The summed E-state index contributed by atoms with van der Waals surface area (Å²) in [7, 11) is 0. The smallest absolute Gasteiger partial charge is 0.253 e. The monoisotopic (exact) mass is 308 g/mol. The molecule has 1 unspecified atom stereocenters. The number of amides is 1. The first-order valence-electron chi connectivity index (χ1n) is 4.16. The molecule has 1 aliphatic heterocycles. The lowest BCUT2D eigenvalue weighted by Gasteiger charge is -2.16. The summed E-state index contributed by atoms with van der Waals surface area (Å²) >= 11 is 1.09. The molecule has 1 saturated heterocycles. The van der Waals surface area contributed by atoms with Crippen molar-refractivity contribution in [3.63, 3.8) is 0 Å². The Balaban J connectivity index is 2.52. The van der Waals surface area contributed by atoms with Crippen LogP contribution in [-0.2, 0) is 16.0 Å². The molecule has 1 heterocycles. The molecular weight excluding hydrogens is 303 g/mol. The number of carbonyl (C=O) groups is 1. The molecule has 5 nitrogen and oxygen atoms in total. The summed E-state index contributed by atoms with van der Waals surface area (Å²) in [5.41, 5.74) is -0.258. The number of nitrogens with one attached hydrogen (secondary N) is 1. The highest BCUT2D eigenvalue weighted by Gasteiger charge is 2.31. The Morgan fingerprint density at radius 3 is 2.81 bits per heavy atom. The zero-order valence-electron chi connectivity index (χ0n) is 7.74. The summed E-state index contributed by atoms with van der Waals surface area (Å²) in [6, 6.07) is 2.57. The number of anilines is 1. The van der Waals surface area contributed by atoms with Crippen LogP contribution in [0.3, 0.4) is 0 Å². The molecule has 1 aromatic rings. The second-order valence-corrected chi connectivity index (χ2v) is 5.04. The molecule has 1 aliphatic rings. The highest BCUT2D eigenvalue weighted by Crippen LogP contribution is 2.35. The van der Waals surface area contributed by atoms with Crippen LogP contribution in [0.2, 0.25) is 0 Å². The molecule has 0 radical (unpaired) electrons. The minimum absolute atomic E-state index is 0.122. The Hall–Kier alpha value is -1.15. The number of benzene rings is 1. The van der Waals surface area contributed by atoms with Crippen LogP contribution in [-0.4, -0.2) is 21.8 Å². The fraction of sp³-hybridized carbons (Fsp3) is 0.125. The van der Waals surface area contributed by atoms with Crippen molar-refractivity contribution in [2.45, 2.75) is 0 Å². The molecular formula is C8H6BrFN2O3S. The molecule has 1 aromatic carbocycles. The fourth-order valence-corrected chi connectivity index (χ4v) is 2.57. The minimum atomic E-state index is -1.86. The number of phenols is 1. The van der Waals surface area contributed by atoms with Crippen LogP contribution in [0.15, 0.2) is 16.6 Å². The highest BCUT2D eigenvalue weighted by atomic mass is 79.9. The van der Waals surface area contributed by atoms with Gasteiger partial charge in [0, 0.05) is 0 Å². The van der Waals surface area contributed by atoms with Crippen molar-refractivity contribution in [2.75, 3.05) is 10.8 Å². The third-order valence-corrected chi connectivity index (χ3v) is 3.71. The van der Waals surface area contributed by atoms with Crippen molar-refractivity contribution < 1.29 is 18.5 Å². The Morgan fingerprint density at radius 2 is 2.25 bits per heavy atom. The molecule has 1 atom stereocenters. The Bertz CT molecular complexity index is 496. The van der Waals surface area contributed by atoms with Gasteiger partial charge in [-0.3, -0.25) is 13.8 Å². The number of rotatable bonds is 1. The van der Waals surface area contributed by atoms with E-state index in [-0.39, 0.29) is 22.5 Å². The average molecular weight is 309 g/mol. The van der Waals surface area contributed by atoms with Gasteiger partial charge in [-0.25, -0.2) is 8.60 Å². The van der Waals surface area contributed by atoms with Gasteiger partial charge in [0.1, 0.15) is 18.0 Å². The molecule has 2 N–H and O–H groups in total. The number of aromatic hydroxyl groups is 1. The summed E-state index contributed by atoms with van der Waals surface area (Å²) in [6.07, 6.45) is 0. The summed E-state index contributed by atoms with van der Waals surface area (Å²) in [6.45, 7) is -0.256. The van der Waals surface area contributed by atoms with Crippen molar-refractivity contribution in [2.24, 2.45) is 0 Å². The van der Waals surface area contributed by atoms with Crippen LogP contribution < -0.4 is 9.03 Å². The van der Waals surface area contributed by atoms with E-state index in [0.717, 1.165) is 4.31 Å². The molecule has 0 spiro atoms. The zero-order chi connectivity index (χ0) is 11.9. The maximum atomic E-state index is 13.7. The second-order valence-electron chi connectivity index (χ2n) is 3.04. The highest BCUT2D eigenvalue weighted by molar-refractivity contribution is 9.10. The molecule has 86 valence electrons. The number of hydrogen-bond acceptors (Lipinski definition) is 3. The molecule has 8 heteroatoms. The lowest BCUT2D eigenvalue weighted by molar-refractivity contribution is -0.117. The van der Waals surface area contributed by atoms with Crippen LogP contribution in [0, 0.1) is 5.82 Å². The Kier molecular flexibility index (Phi) is 2.85. The quantitative estimate of drug-likeness (QED) is 0.806. The van der Waals surface area contributed by atoms with Crippen molar-refractivity contribution >= 4 is 38.7 Å². The lowest BCUT2D eigenvalue weighted by atomic mass is 10.2. The summed E-state index contributed by atoms with van der Waals surface area (Å²) in [4.78, 5) is 11.0. The van der Waals surface area contributed by atoms with E-state index in [9.17, 15) is 18.5 Å². The van der Waals surface area contributed by atoms with Gasteiger partial charge in [0.25, 0.3) is 5.91 Å². The van der Waals surface area contributed by atoms with Gasteiger partial charge in [-0.2, -0.15) is 0 Å².